The van der Waals surface area contributed by atoms with E-state index in [1.54, 1.807) is 6.92 Å². The maximum atomic E-state index is 13.2. The molecule has 0 saturated carbocycles. The van der Waals surface area contributed by atoms with E-state index in [1.807, 2.05) is 0 Å². The summed E-state index contributed by atoms with van der Waals surface area (Å²) in [5, 5.41) is 23.3. The van der Waals surface area contributed by atoms with E-state index in [-0.39, 0.29) is 23.8 Å². The van der Waals surface area contributed by atoms with Crippen molar-refractivity contribution in [2.75, 3.05) is 13.1 Å². The Morgan fingerprint density at radius 3 is 2.80 bits per heavy atom. The Hall–Kier alpha value is -2.90. The highest BCUT2D eigenvalue weighted by Gasteiger charge is 2.31. The second-order valence-corrected chi connectivity index (χ2v) is 6.17. The van der Waals surface area contributed by atoms with Gasteiger partial charge in [0.1, 0.15) is 5.82 Å². The molecular formula is C17H18FN3O4. The van der Waals surface area contributed by atoms with Crippen LogP contribution >= 0.6 is 0 Å². The van der Waals surface area contributed by atoms with Crippen molar-refractivity contribution < 1.29 is 24.2 Å². The molecule has 1 aliphatic heterocycles. The molecule has 1 unspecified atom stereocenters. The van der Waals surface area contributed by atoms with Crippen LogP contribution in [-0.2, 0) is 4.79 Å². The van der Waals surface area contributed by atoms with Gasteiger partial charge in [0.15, 0.2) is 11.4 Å². The minimum Gasteiger partial charge on any atom is -0.504 e. The average Bonchev–Trinajstić information content (AvgIpc) is 2.95. The molecule has 132 valence electrons. The average molecular weight is 347 g/mol. The Bertz CT molecular complexity index is 833. The molecule has 1 atom stereocenters. The summed E-state index contributed by atoms with van der Waals surface area (Å²) in [6, 6.07) is 4.11. The molecule has 7 nitrogen and oxygen atoms in total. The number of rotatable bonds is 3. The number of hydrogen-bond acceptors (Lipinski definition) is 4. The zero-order valence-corrected chi connectivity index (χ0v) is 13.6. The summed E-state index contributed by atoms with van der Waals surface area (Å²) in [6.07, 6.45) is 2.39. The van der Waals surface area contributed by atoms with Gasteiger partial charge in [-0.25, -0.2) is 9.07 Å². The predicted octanol–water partition coefficient (Wildman–Crippen LogP) is 1.96. The van der Waals surface area contributed by atoms with Crippen molar-refractivity contribution in [3.8, 4) is 11.4 Å². The molecule has 0 spiro atoms. The number of aromatic hydroxyl groups is 1. The molecule has 1 aliphatic rings. The number of nitrogens with zero attached hydrogens (tertiary/aromatic N) is 3. The quantitative estimate of drug-likeness (QED) is 0.885. The van der Waals surface area contributed by atoms with Gasteiger partial charge in [0.25, 0.3) is 5.91 Å². The second kappa shape index (κ2) is 6.54. The normalized spacial score (nSPS) is 17.5. The van der Waals surface area contributed by atoms with Crippen molar-refractivity contribution >= 4 is 11.9 Å². The number of hydrogen-bond donors (Lipinski definition) is 2. The van der Waals surface area contributed by atoms with Crippen LogP contribution in [0.3, 0.4) is 0 Å². The van der Waals surface area contributed by atoms with Crippen LogP contribution in [0.25, 0.3) is 5.69 Å². The molecule has 25 heavy (non-hydrogen) atoms. The zero-order valence-electron chi connectivity index (χ0n) is 13.6. The van der Waals surface area contributed by atoms with E-state index >= 15 is 0 Å². The van der Waals surface area contributed by atoms with Gasteiger partial charge >= 0.3 is 5.97 Å². The van der Waals surface area contributed by atoms with Crippen LogP contribution in [0.4, 0.5) is 4.39 Å². The first-order valence-electron chi connectivity index (χ1n) is 7.94. The lowest BCUT2D eigenvalue weighted by Gasteiger charge is -2.30. The monoisotopic (exact) mass is 347 g/mol. The van der Waals surface area contributed by atoms with Crippen molar-refractivity contribution in [3.05, 3.63) is 41.5 Å². The maximum absolute atomic E-state index is 13.2. The van der Waals surface area contributed by atoms with E-state index in [2.05, 4.69) is 5.10 Å². The van der Waals surface area contributed by atoms with Gasteiger partial charge < -0.3 is 15.1 Å². The summed E-state index contributed by atoms with van der Waals surface area (Å²) in [5.41, 5.74) is 0.998. The number of aliphatic carboxylic acids is 1. The zero-order chi connectivity index (χ0) is 18.1. The van der Waals surface area contributed by atoms with E-state index in [1.165, 1.54) is 34.0 Å². The molecule has 8 heteroatoms. The molecule has 0 bridgehead atoms. The molecule has 0 aliphatic carbocycles. The summed E-state index contributed by atoms with van der Waals surface area (Å²) < 4.78 is 14.5. The van der Waals surface area contributed by atoms with Gasteiger partial charge in [0.2, 0.25) is 0 Å². The minimum absolute atomic E-state index is 0.0933. The van der Waals surface area contributed by atoms with Gasteiger partial charge in [-0.15, -0.1) is 0 Å². The third kappa shape index (κ3) is 3.33. The molecule has 3 rings (SSSR count). The lowest BCUT2D eigenvalue weighted by atomic mass is 9.98. The van der Waals surface area contributed by atoms with E-state index in [4.69, 9.17) is 5.11 Å². The highest BCUT2D eigenvalue weighted by molar-refractivity contribution is 5.95. The topological polar surface area (TPSA) is 95.7 Å². The highest BCUT2D eigenvalue weighted by atomic mass is 19.1. The number of halogens is 1. The standard InChI is InChI=1S/C17H18FN3O4/c1-10-7-12(18)4-5-13(10)21-9-14(22)15(19-21)16(23)20-6-2-3-11(8-20)17(24)25/h4-5,7,9,11,22H,2-3,6,8H2,1H3,(H,24,25). The van der Waals surface area contributed by atoms with Crippen molar-refractivity contribution in [1.29, 1.82) is 0 Å². The molecule has 1 aromatic heterocycles. The van der Waals surface area contributed by atoms with Crippen LogP contribution in [0, 0.1) is 18.7 Å². The Kier molecular flexibility index (Phi) is 4.43. The van der Waals surface area contributed by atoms with Crippen LogP contribution in [-0.4, -0.2) is 49.9 Å². The maximum Gasteiger partial charge on any atom is 0.308 e. The lowest BCUT2D eigenvalue weighted by molar-refractivity contribution is -0.143. The summed E-state index contributed by atoms with van der Waals surface area (Å²) >= 11 is 0. The number of carbonyl (C=O) groups excluding carboxylic acids is 1. The molecule has 2 aromatic rings. The number of amides is 1. The minimum atomic E-state index is -0.936. The van der Waals surface area contributed by atoms with Crippen LogP contribution in [0.1, 0.15) is 28.9 Å². The van der Waals surface area contributed by atoms with Crippen LogP contribution in [0.2, 0.25) is 0 Å². The largest absolute Gasteiger partial charge is 0.504 e. The van der Waals surface area contributed by atoms with Gasteiger partial charge in [0, 0.05) is 13.1 Å². The smallest absolute Gasteiger partial charge is 0.308 e. The predicted molar refractivity (Wildman–Crippen MR) is 86.2 cm³/mol. The van der Waals surface area contributed by atoms with E-state index < -0.39 is 17.8 Å². The molecule has 1 fully saturated rings. The third-order valence-corrected chi connectivity index (χ3v) is 4.36. The molecule has 2 heterocycles. The lowest BCUT2D eigenvalue weighted by Crippen LogP contribution is -2.42. The summed E-state index contributed by atoms with van der Waals surface area (Å²) in [5.74, 6) is -2.74. The Labute approximate surface area is 143 Å². The first kappa shape index (κ1) is 16.9. The fourth-order valence-corrected chi connectivity index (χ4v) is 3.03. The SMILES string of the molecule is Cc1cc(F)ccc1-n1cc(O)c(C(=O)N2CCCC(C(=O)O)C2)n1. The van der Waals surface area contributed by atoms with Crippen LogP contribution < -0.4 is 0 Å². The number of likely N-dealkylation sites (tertiary alicyclic amines) is 1. The highest BCUT2D eigenvalue weighted by Crippen LogP contribution is 2.24. The van der Waals surface area contributed by atoms with E-state index in [9.17, 15) is 19.1 Å². The second-order valence-electron chi connectivity index (χ2n) is 6.17. The first-order chi connectivity index (χ1) is 11.9. The Balaban J connectivity index is 1.87. The van der Waals surface area contributed by atoms with Gasteiger partial charge in [-0.3, -0.25) is 9.59 Å². The number of carboxylic acid groups (broad SMARTS) is 1. The molecule has 1 saturated heterocycles. The Morgan fingerprint density at radius 2 is 2.12 bits per heavy atom. The molecular weight excluding hydrogens is 329 g/mol. The summed E-state index contributed by atoms with van der Waals surface area (Å²) in [4.78, 5) is 25.1. The van der Waals surface area contributed by atoms with Crippen molar-refractivity contribution in [2.45, 2.75) is 19.8 Å². The van der Waals surface area contributed by atoms with Gasteiger partial charge in [0.05, 0.1) is 17.8 Å². The van der Waals surface area contributed by atoms with Gasteiger partial charge in [-0.05, 0) is 43.5 Å². The van der Waals surface area contributed by atoms with Crippen molar-refractivity contribution in [1.82, 2.24) is 14.7 Å². The molecule has 2 N–H and O–H groups in total. The molecule has 1 aromatic carbocycles. The summed E-state index contributed by atoms with van der Waals surface area (Å²) in [6.45, 7) is 2.21. The number of piperidine rings is 1. The van der Waals surface area contributed by atoms with Crippen molar-refractivity contribution in [3.63, 3.8) is 0 Å². The fourth-order valence-electron chi connectivity index (χ4n) is 3.03. The number of aryl methyl sites for hydroxylation is 1. The molecule has 0 radical (unpaired) electrons. The number of aromatic nitrogens is 2. The first-order valence-corrected chi connectivity index (χ1v) is 7.94. The van der Waals surface area contributed by atoms with Gasteiger partial charge in [-0.2, -0.15) is 5.10 Å². The number of carboxylic acids is 1. The number of carbonyl (C=O) groups is 2. The van der Waals surface area contributed by atoms with Crippen LogP contribution in [0.15, 0.2) is 24.4 Å². The molecule has 1 amide bonds. The van der Waals surface area contributed by atoms with E-state index in [0.29, 0.717) is 30.6 Å². The van der Waals surface area contributed by atoms with Crippen molar-refractivity contribution in [2.24, 2.45) is 5.92 Å². The van der Waals surface area contributed by atoms with E-state index in [0.717, 1.165) is 0 Å². The van der Waals surface area contributed by atoms with Gasteiger partial charge in [-0.1, -0.05) is 0 Å². The van der Waals surface area contributed by atoms with Crippen LogP contribution in [0.5, 0.6) is 5.75 Å². The third-order valence-electron chi connectivity index (χ3n) is 4.36. The summed E-state index contributed by atoms with van der Waals surface area (Å²) in [7, 11) is 0. The Morgan fingerprint density at radius 1 is 1.36 bits per heavy atom. The fraction of sp³-hybridized carbons (Fsp3) is 0.353. The number of benzene rings is 1.